The molecule has 3 rings (SSSR count). The Bertz CT molecular complexity index is 1400. The summed E-state index contributed by atoms with van der Waals surface area (Å²) in [6, 6.07) is 11.8. The number of ether oxygens (including phenoxy) is 3. The van der Waals surface area contributed by atoms with E-state index in [0.717, 1.165) is 12.0 Å². The zero-order valence-electron chi connectivity index (χ0n) is 28.0. The van der Waals surface area contributed by atoms with Crippen LogP contribution in [0.25, 0.3) is 0 Å². The van der Waals surface area contributed by atoms with Gasteiger partial charge in [0.25, 0.3) is 5.91 Å². The van der Waals surface area contributed by atoms with Gasteiger partial charge in [0.1, 0.15) is 17.9 Å². The summed E-state index contributed by atoms with van der Waals surface area (Å²) in [4.78, 5) is 65.8. The van der Waals surface area contributed by atoms with E-state index in [1.165, 1.54) is 4.90 Å². The molecule has 2 aromatic carbocycles. The standard InChI is InChI=1S/C36H48N2O8/c1-7-27(39)17-20-32(40)37-26-13-11-12-25(23-26)29(18-15-24-16-19-30(44-5)31(22-24)45-6)46-35(43)28-14-9-10-21-38(28)34(42)33(41)36(3,4)8-2/h11-13,16,19,22-23,28-29H,7-10,14-15,17-18,20-21H2,1-6H3,(H,37,40)/t28-,29+/m0/s1. The van der Waals surface area contributed by atoms with E-state index in [4.69, 9.17) is 14.2 Å². The highest BCUT2D eigenvalue weighted by Crippen LogP contribution is 2.32. The van der Waals surface area contributed by atoms with Crippen molar-refractivity contribution in [2.75, 3.05) is 26.1 Å². The third-order valence-electron chi connectivity index (χ3n) is 8.70. The first kappa shape index (κ1) is 36.3. The van der Waals surface area contributed by atoms with Gasteiger partial charge in [0.15, 0.2) is 11.5 Å². The second kappa shape index (κ2) is 16.9. The van der Waals surface area contributed by atoms with Gasteiger partial charge in [0.2, 0.25) is 11.7 Å². The quantitative estimate of drug-likeness (QED) is 0.175. The van der Waals surface area contributed by atoms with Crippen LogP contribution in [-0.4, -0.2) is 61.1 Å². The van der Waals surface area contributed by atoms with Crippen LogP contribution in [-0.2, 0) is 35.1 Å². The zero-order chi connectivity index (χ0) is 33.9. The highest BCUT2D eigenvalue weighted by molar-refractivity contribution is 6.38. The Kier molecular flexibility index (Phi) is 13.3. The maximum atomic E-state index is 13.8. The van der Waals surface area contributed by atoms with E-state index in [1.54, 1.807) is 53.2 Å². The Morgan fingerprint density at radius 1 is 0.957 bits per heavy atom. The van der Waals surface area contributed by atoms with E-state index < -0.39 is 35.2 Å². The van der Waals surface area contributed by atoms with Gasteiger partial charge in [0, 0.05) is 36.9 Å². The van der Waals surface area contributed by atoms with Gasteiger partial charge in [-0.15, -0.1) is 0 Å². The molecular weight excluding hydrogens is 588 g/mol. The molecule has 0 saturated carbocycles. The summed E-state index contributed by atoms with van der Waals surface area (Å²) in [5.74, 6) is -0.822. The number of piperidine rings is 1. The van der Waals surface area contributed by atoms with E-state index in [-0.39, 0.29) is 24.5 Å². The number of anilines is 1. The van der Waals surface area contributed by atoms with E-state index in [9.17, 15) is 24.0 Å². The lowest BCUT2D eigenvalue weighted by molar-refractivity contribution is -0.164. The van der Waals surface area contributed by atoms with Crippen LogP contribution in [0.3, 0.4) is 0 Å². The lowest BCUT2D eigenvalue weighted by Crippen LogP contribution is -2.53. The number of amides is 2. The molecule has 0 aromatic heterocycles. The number of nitrogens with one attached hydrogen (secondary N) is 1. The van der Waals surface area contributed by atoms with Gasteiger partial charge in [-0.25, -0.2) is 4.79 Å². The van der Waals surface area contributed by atoms with Crippen molar-refractivity contribution in [3.05, 3.63) is 53.6 Å². The fourth-order valence-corrected chi connectivity index (χ4v) is 5.32. The molecular formula is C36H48N2O8. The summed E-state index contributed by atoms with van der Waals surface area (Å²) in [5, 5.41) is 2.84. The molecule has 0 spiro atoms. The topological polar surface area (TPSA) is 128 Å². The van der Waals surface area contributed by atoms with Gasteiger partial charge in [-0.1, -0.05) is 45.9 Å². The number of carbonyl (C=O) groups excluding carboxylic acids is 5. The van der Waals surface area contributed by atoms with Crippen LogP contribution in [0.5, 0.6) is 11.5 Å². The lowest BCUT2D eigenvalue weighted by Gasteiger charge is -2.36. The first-order valence-electron chi connectivity index (χ1n) is 16.1. The van der Waals surface area contributed by atoms with Crippen LogP contribution in [0.2, 0.25) is 0 Å². The molecule has 10 nitrogen and oxygen atoms in total. The molecule has 2 aromatic rings. The van der Waals surface area contributed by atoms with Gasteiger partial charge in [-0.3, -0.25) is 19.2 Å². The van der Waals surface area contributed by atoms with E-state index >= 15 is 0 Å². The van der Waals surface area contributed by atoms with Crippen LogP contribution in [0.15, 0.2) is 42.5 Å². The Labute approximate surface area is 272 Å². The minimum Gasteiger partial charge on any atom is -0.493 e. The summed E-state index contributed by atoms with van der Waals surface area (Å²) in [5.41, 5.74) is 1.28. The number of hydrogen-bond donors (Lipinski definition) is 1. The first-order chi connectivity index (χ1) is 21.9. The number of Topliss-reactive ketones (excluding diaryl/α,β-unsaturated/α-hetero) is 2. The Morgan fingerprint density at radius 2 is 1.70 bits per heavy atom. The molecule has 1 aliphatic heterocycles. The molecule has 0 radical (unpaired) electrons. The highest BCUT2D eigenvalue weighted by Gasteiger charge is 2.41. The number of aryl methyl sites for hydroxylation is 1. The number of ketones is 2. The summed E-state index contributed by atoms with van der Waals surface area (Å²) < 4.78 is 17.0. The molecule has 10 heteroatoms. The summed E-state index contributed by atoms with van der Waals surface area (Å²) in [7, 11) is 3.13. The average molecular weight is 637 g/mol. The molecule has 1 heterocycles. The van der Waals surface area contributed by atoms with Crippen molar-refractivity contribution in [3.8, 4) is 11.5 Å². The van der Waals surface area contributed by atoms with Crippen molar-refractivity contribution in [2.24, 2.45) is 5.41 Å². The Hall–Kier alpha value is -4.21. The van der Waals surface area contributed by atoms with Crippen LogP contribution in [0.1, 0.15) is 96.3 Å². The van der Waals surface area contributed by atoms with E-state index in [0.29, 0.717) is 67.8 Å². The van der Waals surface area contributed by atoms with Crippen LogP contribution in [0.4, 0.5) is 5.69 Å². The first-order valence-corrected chi connectivity index (χ1v) is 16.1. The molecule has 46 heavy (non-hydrogen) atoms. The molecule has 1 aliphatic rings. The number of likely N-dealkylation sites (tertiary alicyclic amines) is 1. The second-order valence-corrected chi connectivity index (χ2v) is 12.3. The highest BCUT2D eigenvalue weighted by atomic mass is 16.5. The number of hydrogen-bond acceptors (Lipinski definition) is 8. The van der Waals surface area contributed by atoms with Crippen molar-refractivity contribution >= 4 is 35.0 Å². The fraction of sp³-hybridized carbons (Fsp3) is 0.528. The van der Waals surface area contributed by atoms with Crippen molar-refractivity contribution < 1.29 is 38.2 Å². The zero-order valence-corrected chi connectivity index (χ0v) is 28.0. The number of methoxy groups -OCH3 is 2. The van der Waals surface area contributed by atoms with Crippen molar-refractivity contribution in [3.63, 3.8) is 0 Å². The predicted molar refractivity (Wildman–Crippen MR) is 175 cm³/mol. The van der Waals surface area contributed by atoms with Gasteiger partial charge in [0.05, 0.1) is 14.2 Å². The summed E-state index contributed by atoms with van der Waals surface area (Å²) in [6.07, 6.45) is 3.15. The van der Waals surface area contributed by atoms with Crippen molar-refractivity contribution in [2.45, 2.75) is 97.6 Å². The third kappa shape index (κ3) is 9.64. The van der Waals surface area contributed by atoms with Crippen molar-refractivity contribution in [1.82, 2.24) is 4.90 Å². The van der Waals surface area contributed by atoms with Crippen LogP contribution < -0.4 is 14.8 Å². The number of benzene rings is 2. The average Bonchev–Trinajstić information content (AvgIpc) is 3.07. The van der Waals surface area contributed by atoms with Crippen LogP contribution >= 0.6 is 0 Å². The Balaban J connectivity index is 1.87. The third-order valence-corrected chi connectivity index (χ3v) is 8.70. The molecule has 1 saturated heterocycles. The largest absolute Gasteiger partial charge is 0.493 e. The normalized spacial score (nSPS) is 15.4. The molecule has 0 unspecified atom stereocenters. The molecule has 2 amide bonds. The number of carbonyl (C=O) groups is 5. The SMILES string of the molecule is CCC(=O)CCC(=O)Nc1cccc([C@@H](CCc2ccc(OC)c(OC)c2)OC(=O)[C@@H]2CCCCN2C(=O)C(=O)C(C)(C)CC)c1. The van der Waals surface area contributed by atoms with Gasteiger partial charge >= 0.3 is 5.97 Å². The molecule has 250 valence electrons. The molecule has 0 bridgehead atoms. The van der Waals surface area contributed by atoms with Crippen LogP contribution in [0, 0.1) is 5.41 Å². The monoisotopic (exact) mass is 636 g/mol. The van der Waals surface area contributed by atoms with Crippen molar-refractivity contribution in [1.29, 1.82) is 0 Å². The maximum Gasteiger partial charge on any atom is 0.329 e. The molecule has 1 N–H and O–H groups in total. The second-order valence-electron chi connectivity index (χ2n) is 12.3. The minimum atomic E-state index is -0.875. The van der Waals surface area contributed by atoms with E-state index in [2.05, 4.69) is 5.32 Å². The maximum absolute atomic E-state index is 13.8. The van der Waals surface area contributed by atoms with Gasteiger partial charge in [-0.05, 0) is 73.9 Å². The fourth-order valence-electron chi connectivity index (χ4n) is 5.32. The number of esters is 1. The molecule has 1 fully saturated rings. The summed E-state index contributed by atoms with van der Waals surface area (Å²) >= 11 is 0. The summed E-state index contributed by atoms with van der Waals surface area (Å²) in [6.45, 7) is 7.41. The minimum absolute atomic E-state index is 0.0150. The lowest BCUT2D eigenvalue weighted by atomic mass is 9.84. The van der Waals surface area contributed by atoms with Gasteiger partial charge < -0.3 is 24.4 Å². The number of nitrogens with zero attached hydrogens (tertiary/aromatic N) is 1. The van der Waals surface area contributed by atoms with E-state index in [1.807, 2.05) is 31.2 Å². The van der Waals surface area contributed by atoms with Gasteiger partial charge in [-0.2, -0.15) is 0 Å². The Morgan fingerprint density at radius 3 is 2.37 bits per heavy atom. The number of rotatable bonds is 16. The predicted octanol–water partition coefficient (Wildman–Crippen LogP) is 6.01. The molecule has 0 aliphatic carbocycles. The smallest absolute Gasteiger partial charge is 0.329 e. The molecule has 2 atom stereocenters.